The van der Waals surface area contributed by atoms with Gasteiger partial charge in [-0.2, -0.15) is 5.26 Å². The Hall–Kier alpha value is -0.550. The maximum absolute atomic E-state index is 11.4. The van der Waals surface area contributed by atoms with Gasteiger partial charge in [0.05, 0.1) is 17.1 Å². The van der Waals surface area contributed by atoms with Gasteiger partial charge >= 0.3 is 0 Å². The van der Waals surface area contributed by atoms with Crippen molar-refractivity contribution in [3.05, 3.63) is 0 Å². The maximum atomic E-state index is 11.4. The number of hydrogen-bond donors (Lipinski definition) is 1. The molecule has 0 saturated heterocycles. The van der Waals surface area contributed by atoms with E-state index < -0.39 is 11.0 Å². The minimum Gasteiger partial charge on any atom is -0.388 e. The zero-order valence-corrected chi connectivity index (χ0v) is 13.8. The van der Waals surface area contributed by atoms with E-state index in [4.69, 9.17) is 0 Å². The zero-order valence-electron chi connectivity index (χ0n) is 13.8. The molecule has 1 N–H and O–H groups in total. The summed E-state index contributed by atoms with van der Waals surface area (Å²) >= 11 is 0. The van der Waals surface area contributed by atoms with Crippen molar-refractivity contribution >= 4 is 0 Å². The Balaban J connectivity index is 1.74. The Morgan fingerprint density at radius 1 is 1.00 bits per heavy atom. The van der Waals surface area contributed by atoms with E-state index in [1.807, 2.05) is 0 Å². The molecule has 21 heavy (non-hydrogen) atoms. The average molecular weight is 289 g/mol. The largest absolute Gasteiger partial charge is 0.388 e. The maximum Gasteiger partial charge on any atom is 0.0860 e. The van der Waals surface area contributed by atoms with Gasteiger partial charge in [0.2, 0.25) is 0 Å². The second-order valence-corrected chi connectivity index (χ2v) is 8.50. The highest BCUT2D eigenvalue weighted by Gasteiger charge is 2.55. The molecule has 2 nitrogen and oxygen atoms in total. The smallest absolute Gasteiger partial charge is 0.0860 e. The molecule has 0 bridgehead atoms. The first-order chi connectivity index (χ1) is 10.00. The molecule has 0 radical (unpaired) electrons. The lowest BCUT2D eigenvalue weighted by Gasteiger charge is -2.50. The molecule has 2 unspecified atom stereocenters. The summed E-state index contributed by atoms with van der Waals surface area (Å²) in [6.45, 7) is 4.59. The van der Waals surface area contributed by atoms with Gasteiger partial charge < -0.3 is 5.11 Å². The van der Waals surface area contributed by atoms with Crippen molar-refractivity contribution in [3.8, 4) is 6.07 Å². The summed E-state index contributed by atoms with van der Waals surface area (Å²) < 4.78 is 0. The molecule has 0 aliphatic heterocycles. The van der Waals surface area contributed by atoms with Crippen LogP contribution in [-0.2, 0) is 0 Å². The van der Waals surface area contributed by atoms with Gasteiger partial charge in [-0.25, -0.2) is 0 Å². The van der Waals surface area contributed by atoms with Gasteiger partial charge in [-0.3, -0.25) is 0 Å². The van der Waals surface area contributed by atoms with Crippen LogP contribution in [-0.4, -0.2) is 10.7 Å². The van der Waals surface area contributed by atoms with E-state index in [1.165, 1.54) is 19.3 Å². The van der Waals surface area contributed by atoms with E-state index >= 15 is 0 Å². The van der Waals surface area contributed by atoms with E-state index in [0.717, 1.165) is 56.8 Å². The molecule has 118 valence electrons. The van der Waals surface area contributed by atoms with Crippen molar-refractivity contribution in [2.24, 2.45) is 29.1 Å². The topological polar surface area (TPSA) is 44.0 Å². The molecule has 2 atom stereocenters. The van der Waals surface area contributed by atoms with Crippen molar-refractivity contribution in [3.63, 3.8) is 0 Å². The van der Waals surface area contributed by atoms with E-state index in [2.05, 4.69) is 19.9 Å². The summed E-state index contributed by atoms with van der Waals surface area (Å²) in [6, 6.07) is 2.62. The number of aliphatic hydroxyl groups is 1. The molecule has 3 rings (SSSR count). The van der Waals surface area contributed by atoms with Crippen LogP contribution in [0, 0.1) is 40.4 Å². The summed E-state index contributed by atoms with van der Waals surface area (Å²) in [7, 11) is 0. The van der Waals surface area contributed by atoms with Crippen LogP contribution in [0.1, 0.15) is 78.1 Å². The Labute approximate surface area is 129 Å². The van der Waals surface area contributed by atoms with Crippen molar-refractivity contribution in [1.82, 2.24) is 0 Å². The summed E-state index contributed by atoms with van der Waals surface area (Å²) in [4.78, 5) is 0. The number of nitriles is 1. The van der Waals surface area contributed by atoms with Gasteiger partial charge in [0.1, 0.15) is 0 Å². The fourth-order valence-corrected chi connectivity index (χ4v) is 5.18. The quantitative estimate of drug-likeness (QED) is 0.820. The van der Waals surface area contributed by atoms with Crippen molar-refractivity contribution in [1.29, 1.82) is 5.26 Å². The Kier molecular flexibility index (Phi) is 4.08. The van der Waals surface area contributed by atoms with Gasteiger partial charge in [-0.1, -0.05) is 20.3 Å². The number of hydrogen-bond acceptors (Lipinski definition) is 2. The van der Waals surface area contributed by atoms with Gasteiger partial charge in [0.25, 0.3) is 0 Å². The van der Waals surface area contributed by atoms with E-state index in [9.17, 15) is 10.4 Å². The van der Waals surface area contributed by atoms with Crippen LogP contribution >= 0.6 is 0 Å². The summed E-state index contributed by atoms with van der Waals surface area (Å²) in [5, 5.41) is 21.3. The highest BCUT2D eigenvalue weighted by molar-refractivity contribution is 5.15. The van der Waals surface area contributed by atoms with Crippen LogP contribution in [0.25, 0.3) is 0 Å². The van der Waals surface area contributed by atoms with Crippen molar-refractivity contribution in [2.45, 2.75) is 83.7 Å². The first kappa shape index (κ1) is 15.3. The predicted molar refractivity (Wildman–Crippen MR) is 84.5 cm³/mol. The molecule has 0 spiro atoms. The third-order valence-corrected chi connectivity index (χ3v) is 6.99. The third-order valence-electron chi connectivity index (χ3n) is 6.99. The first-order valence-corrected chi connectivity index (χ1v) is 9.13. The monoisotopic (exact) mass is 289 g/mol. The fraction of sp³-hybridized carbons (Fsp3) is 0.947. The van der Waals surface area contributed by atoms with Crippen LogP contribution in [0.3, 0.4) is 0 Å². The average Bonchev–Trinajstić information content (AvgIpc) is 3.32. The summed E-state index contributed by atoms with van der Waals surface area (Å²) in [5.74, 6) is 3.01. The van der Waals surface area contributed by atoms with Crippen molar-refractivity contribution in [2.75, 3.05) is 0 Å². The standard InChI is InChI=1S/C19H31NO/c1-14(2)15-7-10-18(13-20,11-8-15)19(21)9-3-4-17(12-19)16-5-6-16/h14-17,21H,3-12H2,1-2H3. The zero-order chi connectivity index (χ0) is 15.1. The fourth-order valence-electron chi connectivity index (χ4n) is 5.18. The minimum absolute atomic E-state index is 0.452. The van der Waals surface area contributed by atoms with E-state index in [1.54, 1.807) is 0 Å². The molecular formula is C19H31NO. The van der Waals surface area contributed by atoms with Crippen LogP contribution in [0.4, 0.5) is 0 Å². The second-order valence-electron chi connectivity index (χ2n) is 8.50. The first-order valence-electron chi connectivity index (χ1n) is 9.13. The molecule has 3 aliphatic carbocycles. The molecular weight excluding hydrogens is 258 g/mol. The van der Waals surface area contributed by atoms with Gasteiger partial charge in [0.15, 0.2) is 0 Å². The molecule has 0 aromatic carbocycles. The molecule has 0 amide bonds. The normalized spacial score (nSPS) is 44.5. The summed E-state index contributed by atoms with van der Waals surface area (Å²) in [5.41, 5.74) is -1.15. The second kappa shape index (κ2) is 5.58. The Bertz CT molecular complexity index is 412. The SMILES string of the molecule is CC(C)C1CCC(C#N)(C2(O)CCCC(C3CC3)C2)CC1. The Morgan fingerprint density at radius 3 is 2.19 bits per heavy atom. The molecule has 3 aliphatic rings. The van der Waals surface area contributed by atoms with E-state index in [-0.39, 0.29) is 0 Å². The molecule has 0 heterocycles. The lowest BCUT2D eigenvalue weighted by molar-refractivity contribution is -0.118. The van der Waals surface area contributed by atoms with Crippen LogP contribution in [0.5, 0.6) is 0 Å². The van der Waals surface area contributed by atoms with E-state index in [0.29, 0.717) is 11.8 Å². The predicted octanol–water partition coefficient (Wildman–Crippen LogP) is 4.67. The highest BCUT2D eigenvalue weighted by Crippen LogP contribution is 2.56. The third kappa shape index (κ3) is 2.74. The van der Waals surface area contributed by atoms with Gasteiger partial charge in [0, 0.05) is 0 Å². The molecule has 0 aromatic heterocycles. The highest BCUT2D eigenvalue weighted by atomic mass is 16.3. The molecule has 2 heteroatoms. The van der Waals surface area contributed by atoms with Crippen LogP contribution in [0.15, 0.2) is 0 Å². The van der Waals surface area contributed by atoms with Gasteiger partial charge in [-0.05, 0) is 81.5 Å². The number of rotatable bonds is 3. The summed E-state index contributed by atoms with van der Waals surface area (Å²) in [6.07, 6.45) is 11.0. The Morgan fingerprint density at radius 2 is 1.67 bits per heavy atom. The number of nitrogens with zero attached hydrogens (tertiary/aromatic N) is 1. The molecule has 0 aromatic rings. The van der Waals surface area contributed by atoms with Crippen LogP contribution in [0.2, 0.25) is 0 Å². The minimum atomic E-state index is -0.699. The molecule has 3 fully saturated rings. The molecule has 3 saturated carbocycles. The lowest BCUT2D eigenvalue weighted by Crippen LogP contribution is -2.52. The van der Waals surface area contributed by atoms with Crippen LogP contribution < -0.4 is 0 Å². The van der Waals surface area contributed by atoms with Gasteiger partial charge in [-0.15, -0.1) is 0 Å². The lowest BCUT2D eigenvalue weighted by atomic mass is 9.55. The van der Waals surface area contributed by atoms with Crippen molar-refractivity contribution < 1.29 is 5.11 Å².